The van der Waals surface area contributed by atoms with Crippen LogP contribution in [-0.4, -0.2) is 37.6 Å². The van der Waals surface area contributed by atoms with E-state index >= 15 is 0 Å². The third-order valence-corrected chi connectivity index (χ3v) is 1.44. The zero-order valence-electron chi connectivity index (χ0n) is 8.86. The van der Waals surface area contributed by atoms with E-state index in [1.165, 1.54) is 32.2 Å². The van der Waals surface area contributed by atoms with Crippen molar-refractivity contribution in [2.45, 2.75) is 13.8 Å². The Bertz CT molecular complexity index is 247. The summed E-state index contributed by atoms with van der Waals surface area (Å²) in [5.41, 5.74) is 0.0850. The second kappa shape index (κ2) is 6.15. The standard InChI is InChI=1S/C9H15NO4/c1-5-14-9(12)8(6-7(2)11)10(3)13-4/h6H,5H2,1-4H3/b8-6+. The van der Waals surface area contributed by atoms with Crippen LogP contribution in [0, 0.1) is 0 Å². The lowest BCUT2D eigenvalue weighted by atomic mass is 10.3. The third kappa shape index (κ3) is 4.04. The number of allylic oxidation sites excluding steroid dienone is 1. The number of ether oxygens (including phenoxy) is 1. The van der Waals surface area contributed by atoms with E-state index in [4.69, 9.17) is 9.57 Å². The minimum atomic E-state index is -0.577. The predicted molar refractivity (Wildman–Crippen MR) is 50.2 cm³/mol. The van der Waals surface area contributed by atoms with Crippen molar-refractivity contribution >= 4 is 11.8 Å². The molecule has 0 aromatic heterocycles. The van der Waals surface area contributed by atoms with Crippen LogP contribution in [0.15, 0.2) is 11.8 Å². The summed E-state index contributed by atoms with van der Waals surface area (Å²) in [7, 11) is 2.92. The minimum absolute atomic E-state index is 0.0850. The molecule has 0 fully saturated rings. The molecule has 0 heterocycles. The molecule has 0 radical (unpaired) electrons. The lowest BCUT2D eigenvalue weighted by molar-refractivity contribution is -0.150. The maximum atomic E-state index is 11.3. The molecule has 0 saturated carbocycles. The highest BCUT2D eigenvalue weighted by molar-refractivity contribution is 5.97. The van der Waals surface area contributed by atoms with Gasteiger partial charge in [-0.1, -0.05) is 0 Å². The smallest absolute Gasteiger partial charge is 0.357 e. The molecule has 0 spiro atoms. The molecule has 0 aromatic carbocycles. The molecule has 5 nitrogen and oxygen atoms in total. The van der Waals surface area contributed by atoms with Gasteiger partial charge in [0.15, 0.2) is 11.5 Å². The van der Waals surface area contributed by atoms with Gasteiger partial charge in [-0.25, -0.2) is 4.79 Å². The average molecular weight is 201 g/mol. The molecule has 0 rings (SSSR count). The summed E-state index contributed by atoms with van der Waals surface area (Å²) < 4.78 is 4.75. The van der Waals surface area contributed by atoms with E-state index < -0.39 is 5.97 Å². The summed E-state index contributed by atoms with van der Waals surface area (Å²) in [6, 6.07) is 0. The maximum absolute atomic E-state index is 11.3. The lowest BCUT2D eigenvalue weighted by Gasteiger charge is -2.17. The molecule has 80 valence electrons. The Morgan fingerprint density at radius 1 is 1.43 bits per heavy atom. The number of ketones is 1. The molecule has 0 aliphatic heterocycles. The fraction of sp³-hybridized carbons (Fsp3) is 0.556. The van der Waals surface area contributed by atoms with Crippen LogP contribution >= 0.6 is 0 Å². The highest BCUT2D eigenvalue weighted by atomic mass is 16.7. The summed E-state index contributed by atoms with van der Waals surface area (Å²) in [5, 5.41) is 1.18. The van der Waals surface area contributed by atoms with Crippen LogP contribution in [0.5, 0.6) is 0 Å². The van der Waals surface area contributed by atoms with Gasteiger partial charge in [0.05, 0.1) is 13.7 Å². The fourth-order valence-electron chi connectivity index (χ4n) is 0.774. The largest absolute Gasteiger partial charge is 0.461 e. The first-order valence-electron chi connectivity index (χ1n) is 4.20. The summed E-state index contributed by atoms with van der Waals surface area (Å²) >= 11 is 0. The molecule has 0 N–H and O–H groups in total. The molecular weight excluding hydrogens is 186 g/mol. The second-order valence-corrected chi connectivity index (χ2v) is 2.54. The molecule has 0 aromatic rings. The van der Waals surface area contributed by atoms with Gasteiger partial charge in [-0.05, 0) is 13.8 Å². The number of nitrogens with zero attached hydrogens (tertiary/aromatic N) is 1. The van der Waals surface area contributed by atoms with Gasteiger partial charge >= 0.3 is 5.97 Å². The van der Waals surface area contributed by atoms with Crippen LogP contribution in [0.4, 0.5) is 0 Å². The lowest BCUT2D eigenvalue weighted by Crippen LogP contribution is -2.25. The second-order valence-electron chi connectivity index (χ2n) is 2.54. The van der Waals surface area contributed by atoms with Crippen molar-refractivity contribution < 1.29 is 19.2 Å². The van der Waals surface area contributed by atoms with E-state index in [0.29, 0.717) is 0 Å². The first-order valence-corrected chi connectivity index (χ1v) is 4.20. The molecule has 0 aliphatic rings. The quantitative estimate of drug-likeness (QED) is 0.368. The number of rotatable bonds is 5. The van der Waals surface area contributed by atoms with Gasteiger partial charge < -0.3 is 4.74 Å². The van der Waals surface area contributed by atoms with Gasteiger partial charge in [-0.15, -0.1) is 0 Å². The van der Waals surface area contributed by atoms with Crippen LogP contribution < -0.4 is 0 Å². The van der Waals surface area contributed by atoms with Gasteiger partial charge in [0.25, 0.3) is 0 Å². The van der Waals surface area contributed by atoms with Crippen molar-refractivity contribution in [3.8, 4) is 0 Å². The third-order valence-electron chi connectivity index (χ3n) is 1.44. The van der Waals surface area contributed by atoms with E-state index in [0.717, 1.165) is 0 Å². The van der Waals surface area contributed by atoms with E-state index in [1.807, 2.05) is 0 Å². The number of likely N-dealkylation sites (N-methyl/N-ethyl adjacent to an activating group) is 1. The zero-order chi connectivity index (χ0) is 11.1. The Labute approximate surface area is 83.2 Å². The van der Waals surface area contributed by atoms with Crippen LogP contribution in [0.25, 0.3) is 0 Å². The molecular formula is C9H15NO4. The first-order chi connectivity index (χ1) is 6.52. The van der Waals surface area contributed by atoms with Crippen LogP contribution in [-0.2, 0) is 19.2 Å². The van der Waals surface area contributed by atoms with Crippen LogP contribution in [0.1, 0.15) is 13.8 Å². The van der Waals surface area contributed by atoms with Crippen molar-refractivity contribution in [1.82, 2.24) is 5.06 Å². The number of carbonyl (C=O) groups is 2. The molecule has 0 saturated heterocycles. The van der Waals surface area contributed by atoms with E-state index in [9.17, 15) is 9.59 Å². The van der Waals surface area contributed by atoms with Crippen LogP contribution in [0.3, 0.4) is 0 Å². The average Bonchev–Trinajstić information content (AvgIpc) is 2.13. The summed E-state index contributed by atoms with van der Waals surface area (Å²) in [6.07, 6.45) is 1.17. The number of esters is 1. The van der Waals surface area contributed by atoms with E-state index in [-0.39, 0.29) is 18.1 Å². The Hall–Kier alpha value is -1.36. The van der Waals surface area contributed by atoms with Crippen molar-refractivity contribution in [3.05, 3.63) is 11.8 Å². The number of hydroxylamine groups is 2. The fourth-order valence-corrected chi connectivity index (χ4v) is 0.774. The van der Waals surface area contributed by atoms with E-state index in [2.05, 4.69) is 0 Å². The Kier molecular flexibility index (Phi) is 5.55. The molecule has 0 atom stereocenters. The van der Waals surface area contributed by atoms with Gasteiger partial charge in [0, 0.05) is 13.1 Å². The minimum Gasteiger partial charge on any atom is -0.461 e. The normalized spacial score (nSPS) is 11.0. The van der Waals surface area contributed by atoms with E-state index in [1.54, 1.807) is 6.92 Å². The SMILES string of the molecule is CCOC(=O)/C(=C\C(C)=O)N(C)OC. The highest BCUT2D eigenvalue weighted by Gasteiger charge is 2.16. The van der Waals surface area contributed by atoms with Gasteiger partial charge in [0.2, 0.25) is 0 Å². The number of carbonyl (C=O) groups excluding carboxylic acids is 2. The summed E-state index contributed by atoms with van der Waals surface area (Å²) in [4.78, 5) is 26.9. The zero-order valence-corrected chi connectivity index (χ0v) is 8.86. The van der Waals surface area contributed by atoms with Gasteiger partial charge in [0.1, 0.15) is 0 Å². The van der Waals surface area contributed by atoms with Crippen molar-refractivity contribution in [2.75, 3.05) is 20.8 Å². The van der Waals surface area contributed by atoms with Crippen molar-refractivity contribution in [2.24, 2.45) is 0 Å². The molecule has 0 amide bonds. The Morgan fingerprint density at radius 3 is 2.36 bits per heavy atom. The summed E-state index contributed by atoms with van der Waals surface area (Å²) in [6.45, 7) is 3.30. The summed E-state index contributed by atoms with van der Waals surface area (Å²) in [5.74, 6) is -0.816. The van der Waals surface area contributed by atoms with Crippen molar-refractivity contribution in [1.29, 1.82) is 0 Å². The highest BCUT2D eigenvalue weighted by Crippen LogP contribution is 2.04. The molecule has 0 unspecified atom stereocenters. The number of hydrogen-bond acceptors (Lipinski definition) is 5. The monoisotopic (exact) mass is 201 g/mol. The maximum Gasteiger partial charge on any atom is 0.357 e. The Morgan fingerprint density at radius 2 is 2.00 bits per heavy atom. The molecule has 0 bridgehead atoms. The topological polar surface area (TPSA) is 55.8 Å². The first kappa shape index (κ1) is 12.6. The van der Waals surface area contributed by atoms with Crippen molar-refractivity contribution in [3.63, 3.8) is 0 Å². The molecule has 5 heteroatoms. The van der Waals surface area contributed by atoms with Gasteiger partial charge in [-0.3, -0.25) is 14.7 Å². The number of hydrogen-bond donors (Lipinski definition) is 0. The van der Waals surface area contributed by atoms with Crippen LogP contribution in [0.2, 0.25) is 0 Å². The molecule has 14 heavy (non-hydrogen) atoms. The van der Waals surface area contributed by atoms with Gasteiger partial charge in [-0.2, -0.15) is 0 Å². The predicted octanol–water partition coefficient (Wildman–Crippen LogP) is 0.516. The Balaban J connectivity index is 4.72. The molecule has 0 aliphatic carbocycles.